The zero-order chi connectivity index (χ0) is 21.1. The Labute approximate surface area is 173 Å². The molecule has 4 nitrogen and oxygen atoms in total. The monoisotopic (exact) mass is 396 g/mol. The highest BCUT2D eigenvalue weighted by atomic mass is 16.7. The molecule has 0 bridgehead atoms. The molecule has 2 aliphatic rings. The van der Waals surface area contributed by atoms with Crippen LogP contribution >= 0.6 is 0 Å². The van der Waals surface area contributed by atoms with Crippen molar-refractivity contribution in [3.05, 3.63) is 12.7 Å². The molecule has 0 radical (unpaired) electrons. The number of aliphatic hydroxyl groups is 1. The van der Waals surface area contributed by atoms with Gasteiger partial charge in [-0.15, -0.1) is 6.58 Å². The molecule has 0 aromatic carbocycles. The van der Waals surface area contributed by atoms with Gasteiger partial charge in [-0.2, -0.15) is 0 Å². The standard InChI is InChI=1S/C24H44O4/c1-8-22(4,25)14-10-20-23(5)13-9-12-21(2,3)19(23)11-15-24(20,6)28-18-27-17-16-26-7/h8,19-20,25H,1,9-18H2,2-7H3/t19?,20-,22?,23+,24?/m1/s1. The fraction of sp³-hybridized carbons (Fsp3) is 0.917. The van der Waals surface area contributed by atoms with Crippen molar-refractivity contribution in [2.24, 2.45) is 22.7 Å². The molecule has 164 valence electrons. The highest BCUT2D eigenvalue weighted by Crippen LogP contribution is 2.63. The lowest BCUT2D eigenvalue weighted by Crippen LogP contribution is -2.58. The summed E-state index contributed by atoms with van der Waals surface area (Å²) >= 11 is 0. The van der Waals surface area contributed by atoms with Crippen LogP contribution in [-0.4, -0.2) is 43.4 Å². The van der Waals surface area contributed by atoms with Gasteiger partial charge in [0.05, 0.1) is 24.4 Å². The molecule has 0 spiro atoms. The first-order valence-electron chi connectivity index (χ1n) is 11.1. The average molecular weight is 397 g/mol. The van der Waals surface area contributed by atoms with Crippen LogP contribution in [0.4, 0.5) is 0 Å². The summed E-state index contributed by atoms with van der Waals surface area (Å²) in [5, 5.41) is 10.6. The van der Waals surface area contributed by atoms with E-state index in [4.69, 9.17) is 14.2 Å². The van der Waals surface area contributed by atoms with Gasteiger partial charge in [0, 0.05) is 7.11 Å². The highest BCUT2D eigenvalue weighted by Gasteiger charge is 2.58. The predicted octanol–water partition coefficient (Wildman–Crippen LogP) is 5.34. The van der Waals surface area contributed by atoms with Crippen molar-refractivity contribution in [1.82, 2.24) is 0 Å². The second kappa shape index (κ2) is 9.16. The van der Waals surface area contributed by atoms with Crippen molar-refractivity contribution >= 4 is 0 Å². The zero-order valence-corrected chi connectivity index (χ0v) is 19.2. The van der Waals surface area contributed by atoms with Crippen molar-refractivity contribution in [3.63, 3.8) is 0 Å². The minimum Gasteiger partial charge on any atom is -0.386 e. The summed E-state index contributed by atoms with van der Waals surface area (Å²) in [6.45, 7) is 16.8. The smallest absolute Gasteiger partial charge is 0.147 e. The van der Waals surface area contributed by atoms with Gasteiger partial charge < -0.3 is 19.3 Å². The molecule has 0 saturated heterocycles. The highest BCUT2D eigenvalue weighted by molar-refractivity contribution is 5.08. The molecule has 0 amide bonds. The summed E-state index contributed by atoms with van der Waals surface area (Å²) in [5.41, 5.74) is -0.479. The van der Waals surface area contributed by atoms with Crippen LogP contribution in [0.25, 0.3) is 0 Å². The second-order valence-electron chi connectivity index (χ2n) is 10.6. The van der Waals surface area contributed by atoms with E-state index in [0.717, 1.165) is 12.8 Å². The first kappa shape index (κ1) is 23.9. The molecule has 1 N–H and O–H groups in total. The van der Waals surface area contributed by atoms with Crippen LogP contribution in [0.1, 0.15) is 79.6 Å². The molecule has 5 atom stereocenters. The quantitative estimate of drug-likeness (QED) is 0.307. The van der Waals surface area contributed by atoms with Gasteiger partial charge in [-0.3, -0.25) is 0 Å². The van der Waals surface area contributed by atoms with Crippen LogP contribution in [0.15, 0.2) is 12.7 Å². The number of fused-ring (bicyclic) bond motifs is 1. The maximum Gasteiger partial charge on any atom is 0.147 e. The van der Waals surface area contributed by atoms with E-state index in [1.165, 1.54) is 25.7 Å². The lowest BCUT2D eigenvalue weighted by atomic mass is 9.45. The number of methoxy groups -OCH3 is 1. The Morgan fingerprint density at radius 3 is 2.50 bits per heavy atom. The Kier molecular flexibility index (Phi) is 7.80. The van der Waals surface area contributed by atoms with Gasteiger partial charge in [0.1, 0.15) is 6.79 Å². The molecule has 0 aromatic rings. The maximum absolute atomic E-state index is 10.6. The Balaban J connectivity index is 2.22. The third-order valence-electron chi connectivity index (χ3n) is 8.02. The molecule has 2 rings (SSSR count). The van der Waals surface area contributed by atoms with Gasteiger partial charge in [0.15, 0.2) is 0 Å². The SMILES string of the molecule is C=CC(C)(O)CC[C@H]1C(C)(OCOCCOC)CCC2C(C)(C)CCC[C@@]21C. The molecule has 0 heterocycles. The van der Waals surface area contributed by atoms with Crippen LogP contribution in [0.5, 0.6) is 0 Å². The van der Waals surface area contributed by atoms with Crippen molar-refractivity contribution in [1.29, 1.82) is 0 Å². The van der Waals surface area contributed by atoms with E-state index in [0.29, 0.717) is 43.7 Å². The molecule has 0 aromatic heterocycles. The predicted molar refractivity (Wildman–Crippen MR) is 114 cm³/mol. The molecule has 2 fully saturated rings. The third kappa shape index (κ3) is 5.19. The first-order chi connectivity index (χ1) is 13.0. The van der Waals surface area contributed by atoms with E-state index in [9.17, 15) is 5.11 Å². The average Bonchev–Trinajstić information content (AvgIpc) is 2.60. The van der Waals surface area contributed by atoms with Gasteiger partial charge in [-0.1, -0.05) is 33.3 Å². The van der Waals surface area contributed by atoms with E-state index in [2.05, 4.69) is 34.3 Å². The second-order valence-corrected chi connectivity index (χ2v) is 10.6. The summed E-state index contributed by atoms with van der Waals surface area (Å²) in [4.78, 5) is 0. The van der Waals surface area contributed by atoms with E-state index in [1.807, 2.05) is 6.92 Å². The number of hydrogen-bond acceptors (Lipinski definition) is 4. The van der Waals surface area contributed by atoms with Crippen LogP contribution in [0.2, 0.25) is 0 Å². The van der Waals surface area contributed by atoms with Gasteiger partial charge in [-0.25, -0.2) is 0 Å². The van der Waals surface area contributed by atoms with E-state index >= 15 is 0 Å². The fourth-order valence-electron chi connectivity index (χ4n) is 6.33. The van der Waals surface area contributed by atoms with Crippen molar-refractivity contribution < 1.29 is 19.3 Å². The van der Waals surface area contributed by atoms with Crippen LogP contribution in [-0.2, 0) is 14.2 Å². The molecule has 3 unspecified atom stereocenters. The van der Waals surface area contributed by atoms with E-state index < -0.39 is 5.60 Å². The molecule has 28 heavy (non-hydrogen) atoms. The largest absolute Gasteiger partial charge is 0.386 e. The third-order valence-corrected chi connectivity index (χ3v) is 8.02. The lowest BCUT2D eigenvalue weighted by molar-refractivity contribution is -0.228. The Bertz CT molecular complexity index is 515. The van der Waals surface area contributed by atoms with Gasteiger partial charge in [0.25, 0.3) is 0 Å². The molecular weight excluding hydrogens is 352 g/mol. The molecular formula is C24H44O4. The normalized spacial score (nSPS) is 37.1. The summed E-state index contributed by atoms with van der Waals surface area (Å²) < 4.78 is 17.1. The zero-order valence-electron chi connectivity index (χ0n) is 19.2. The maximum atomic E-state index is 10.6. The fourth-order valence-corrected chi connectivity index (χ4v) is 6.33. The lowest BCUT2D eigenvalue weighted by Gasteiger charge is -2.62. The van der Waals surface area contributed by atoms with Crippen LogP contribution in [0, 0.1) is 22.7 Å². The van der Waals surface area contributed by atoms with Crippen molar-refractivity contribution in [3.8, 4) is 0 Å². The van der Waals surface area contributed by atoms with Crippen molar-refractivity contribution in [2.75, 3.05) is 27.1 Å². The van der Waals surface area contributed by atoms with Gasteiger partial charge in [-0.05, 0) is 75.0 Å². The van der Waals surface area contributed by atoms with Crippen molar-refractivity contribution in [2.45, 2.75) is 90.8 Å². The van der Waals surface area contributed by atoms with Crippen LogP contribution < -0.4 is 0 Å². The Morgan fingerprint density at radius 2 is 1.86 bits per heavy atom. The molecule has 0 aliphatic heterocycles. The van der Waals surface area contributed by atoms with Gasteiger partial charge in [0.2, 0.25) is 0 Å². The molecule has 4 heteroatoms. The first-order valence-corrected chi connectivity index (χ1v) is 11.1. The van der Waals surface area contributed by atoms with E-state index in [1.54, 1.807) is 13.2 Å². The summed E-state index contributed by atoms with van der Waals surface area (Å²) in [6, 6.07) is 0. The number of rotatable bonds is 10. The minimum atomic E-state index is -0.830. The summed E-state index contributed by atoms with van der Waals surface area (Å²) in [6.07, 6.45) is 9.40. The van der Waals surface area contributed by atoms with E-state index in [-0.39, 0.29) is 11.0 Å². The van der Waals surface area contributed by atoms with Crippen LogP contribution in [0.3, 0.4) is 0 Å². The molecule has 2 saturated carbocycles. The molecule has 2 aliphatic carbocycles. The number of hydrogen-bond donors (Lipinski definition) is 1. The van der Waals surface area contributed by atoms with Gasteiger partial charge >= 0.3 is 0 Å². The minimum absolute atomic E-state index is 0.221. The number of ether oxygens (including phenoxy) is 3. The summed E-state index contributed by atoms with van der Waals surface area (Å²) in [5.74, 6) is 1.08. The Morgan fingerprint density at radius 1 is 1.14 bits per heavy atom. The topological polar surface area (TPSA) is 47.9 Å². The Hall–Kier alpha value is -0.420. The summed E-state index contributed by atoms with van der Waals surface area (Å²) in [7, 11) is 1.68.